The molecular weight excluding hydrogens is 408 g/mol. The van der Waals surface area contributed by atoms with Gasteiger partial charge < -0.3 is 30.6 Å². The molecule has 0 aromatic heterocycles. The standard InChI is InChI=1S/C19H32N6O6/c1-2-3-12-30-18(29)24-19(16(27)28,23-15(26)14-7-13-31-25-14)8-5-4-6-9-20-17-21-10-11-22-17/h2-13H2,1H3,(H,23,26)(H,24,29)(H,27,28)(H2,20,21,22). The van der Waals surface area contributed by atoms with E-state index in [1.165, 1.54) is 0 Å². The third kappa shape index (κ3) is 7.95. The molecule has 0 fully saturated rings. The summed E-state index contributed by atoms with van der Waals surface area (Å²) in [7, 11) is 0. The second-order valence-electron chi connectivity index (χ2n) is 7.29. The number of amides is 2. The normalized spacial score (nSPS) is 16.8. The van der Waals surface area contributed by atoms with Gasteiger partial charge in [0.1, 0.15) is 12.3 Å². The molecule has 0 saturated heterocycles. The predicted molar refractivity (Wildman–Crippen MR) is 113 cm³/mol. The molecule has 0 aromatic carbocycles. The number of guanidine groups is 1. The van der Waals surface area contributed by atoms with Gasteiger partial charge in [0.05, 0.1) is 13.2 Å². The van der Waals surface area contributed by atoms with Crippen LogP contribution in [0.1, 0.15) is 51.9 Å². The fourth-order valence-corrected chi connectivity index (χ4v) is 3.04. The molecule has 12 nitrogen and oxygen atoms in total. The highest BCUT2D eigenvalue weighted by Gasteiger charge is 2.43. The summed E-state index contributed by atoms with van der Waals surface area (Å²) in [6.07, 6.45) is 2.74. The van der Waals surface area contributed by atoms with E-state index in [4.69, 9.17) is 9.57 Å². The third-order valence-electron chi connectivity index (χ3n) is 4.80. The summed E-state index contributed by atoms with van der Waals surface area (Å²) in [6.45, 7) is 4.61. The predicted octanol–water partition coefficient (Wildman–Crippen LogP) is 0.295. The average molecular weight is 441 g/mol. The number of nitrogens with zero attached hydrogens (tertiary/aromatic N) is 2. The van der Waals surface area contributed by atoms with Crippen molar-refractivity contribution in [1.29, 1.82) is 0 Å². The smallest absolute Gasteiger partial charge is 0.409 e. The number of carboxylic acids is 1. The van der Waals surface area contributed by atoms with E-state index in [1.807, 2.05) is 6.92 Å². The van der Waals surface area contributed by atoms with Crippen LogP contribution in [0.2, 0.25) is 0 Å². The maximum Gasteiger partial charge on any atom is 0.409 e. The Morgan fingerprint density at radius 2 is 2.06 bits per heavy atom. The first-order chi connectivity index (χ1) is 15.0. The number of aliphatic carboxylic acids is 1. The number of rotatable bonds is 13. The molecule has 0 spiro atoms. The molecule has 31 heavy (non-hydrogen) atoms. The van der Waals surface area contributed by atoms with Gasteiger partial charge in [-0.2, -0.15) is 0 Å². The van der Waals surface area contributed by atoms with Crippen molar-refractivity contribution in [3.63, 3.8) is 0 Å². The highest BCUT2D eigenvalue weighted by molar-refractivity contribution is 6.39. The van der Waals surface area contributed by atoms with Crippen LogP contribution in [0.4, 0.5) is 4.79 Å². The molecule has 1 unspecified atom stereocenters. The molecule has 2 heterocycles. The van der Waals surface area contributed by atoms with Gasteiger partial charge in [-0.1, -0.05) is 24.9 Å². The minimum atomic E-state index is -2.00. The van der Waals surface area contributed by atoms with Gasteiger partial charge in [-0.25, -0.2) is 9.59 Å². The van der Waals surface area contributed by atoms with Crippen LogP contribution in [0.15, 0.2) is 10.1 Å². The molecule has 2 rings (SSSR count). The Balaban J connectivity index is 1.93. The minimum absolute atomic E-state index is 0.00964. The lowest BCUT2D eigenvalue weighted by Gasteiger charge is -2.31. The van der Waals surface area contributed by atoms with Crippen LogP contribution >= 0.6 is 0 Å². The number of nitrogens with one attached hydrogen (secondary N) is 4. The molecule has 2 aliphatic rings. The van der Waals surface area contributed by atoms with Gasteiger partial charge in [0.2, 0.25) is 5.66 Å². The lowest BCUT2D eigenvalue weighted by molar-refractivity contribution is -0.148. The van der Waals surface area contributed by atoms with Crippen LogP contribution in [-0.2, 0) is 19.2 Å². The highest BCUT2D eigenvalue weighted by atomic mass is 16.6. The average Bonchev–Trinajstić information content (AvgIpc) is 3.44. The zero-order valence-corrected chi connectivity index (χ0v) is 17.9. The molecule has 0 aliphatic carbocycles. The monoisotopic (exact) mass is 440 g/mol. The fraction of sp³-hybridized carbons (Fsp3) is 0.737. The highest BCUT2D eigenvalue weighted by Crippen LogP contribution is 2.15. The molecule has 0 aromatic rings. The first kappa shape index (κ1) is 24.2. The summed E-state index contributed by atoms with van der Waals surface area (Å²) in [5, 5.41) is 24.6. The number of alkyl carbamates (subject to hydrolysis) is 1. The summed E-state index contributed by atoms with van der Waals surface area (Å²) in [4.78, 5) is 45.9. The van der Waals surface area contributed by atoms with Crippen molar-refractivity contribution in [1.82, 2.24) is 21.3 Å². The van der Waals surface area contributed by atoms with Crippen LogP contribution in [0.25, 0.3) is 0 Å². The molecular formula is C19H32N6O6. The number of unbranched alkanes of at least 4 members (excludes halogenated alkanes) is 3. The van der Waals surface area contributed by atoms with E-state index < -0.39 is 23.6 Å². The number of hydrogen-bond acceptors (Lipinski definition) is 9. The Morgan fingerprint density at radius 3 is 2.71 bits per heavy atom. The quantitative estimate of drug-likeness (QED) is 0.202. The summed E-state index contributed by atoms with van der Waals surface area (Å²) in [6, 6.07) is 0. The maximum atomic E-state index is 12.5. The first-order valence-electron chi connectivity index (χ1n) is 10.7. The first-order valence-corrected chi connectivity index (χ1v) is 10.7. The van der Waals surface area contributed by atoms with Crippen LogP contribution in [0.5, 0.6) is 0 Å². The van der Waals surface area contributed by atoms with E-state index in [0.717, 1.165) is 31.9 Å². The summed E-state index contributed by atoms with van der Waals surface area (Å²) in [5.74, 6) is -1.31. The summed E-state index contributed by atoms with van der Waals surface area (Å²) < 4.78 is 5.05. The molecule has 174 valence electrons. The van der Waals surface area contributed by atoms with Crippen molar-refractivity contribution in [3.05, 3.63) is 0 Å². The number of hydrogen-bond donors (Lipinski definition) is 5. The van der Waals surface area contributed by atoms with Crippen LogP contribution in [-0.4, -0.2) is 73.3 Å². The van der Waals surface area contributed by atoms with E-state index in [0.29, 0.717) is 25.8 Å². The largest absolute Gasteiger partial charge is 0.478 e. The number of oxime groups is 1. The Hall–Kier alpha value is -3.05. The third-order valence-corrected chi connectivity index (χ3v) is 4.80. The van der Waals surface area contributed by atoms with Gasteiger partial charge in [0.15, 0.2) is 5.96 Å². The molecule has 0 saturated carbocycles. The van der Waals surface area contributed by atoms with Crippen molar-refractivity contribution in [3.8, 4) is 0 Å². The van der Waals surface area contributed by atoms with Gasteiger partial charge in [-0.3, -0.25) is 15.1 Å². The van der Waals surface area contributed by atoms with Crippen molar-refractivity contribution in [2.75, 3.05) is 32.8 Å². The topological polar surface area (TPSA) is 163 Å². The van der Waals surface area contributed by atoms with E-state index in [-0.39, 0.29) is 31.8 Å². The van der Waals surface area contributed by atoms with Crippen LogP contribution in [0, 0.1) is 0 Å². The lowest BCUT2D eigenvalue weighted by atomic mass is 10.0. The maximum absolute atomic E-state index is 12.5. The Labute approximate surface area is 181 Å². The van der Waals surface area contributed by atoms with Crippen molar-refractivity contribution in [2.24, 2.45) is 10.1 Å². The van der Waals surface area contributed by atoms with E-state index in [9.17, 15) is 19.5 Å². The molecule has 12 heteroatoms. The summed E-state index contributed by atoms with van der Waals surface area (Å²) >= 11 is 0. The Bertz CT molecular complexity index is 697. The second-order valence-corrected chi connectivity index (χ2v) is 7.29. The zero-order chi connectivity index (χ0) is 22.5. The minimum Gasteiger partial charge on any atom is -0.478 e. The molecule has 2 aliphatic heterocycles. The van der Waals surface area contributed by atoms with Gasteiger partial charge in [0, 0.05) is 25.9 Å². The number of carboxylic acid groups (broad SMARTS) is 1. The molecule has 0 bridgehead atoms. The lowest BCUT2D eigenvalue weighted by Crippen LogP contribution is -2.66. The zero-order valence-electron chi connectivity index (χ0n) is 17.9. The van der Waals surface area contributed by atoms with E-state index in [1.54, 1.807) is 0 Å². The fourth-order valence-electron chi connectivity index (χ4n) is 3.04. The van der Waals surface area contributed by atoms with Crippen LogP contribution < -0.4 is 21.3 Å². The SMILES string of the molecule is CCCCOC(=O)NC(CCCCCNC1=NCCN1)(NC(=O)C1=NOCC1)C(=O)O. The van der Waals surface area contributed by atoms with Gasteiger partial charge in [-0.05, 0) is 19.3 Å². The molecule has 0 radical (unpaired) electrons. The van der Waals surface area contributed by atoms with E-state index >= 15 is 0 Å². The number of carbonyl (C=O) groups is 3. The molecule has 1 atom stereocenters. The van der Waals surface area contributed by atoms with E-state index in [2.05, 4.69) is 31.4 Å². The van der Waals surface area contributed by atoms with Crippen molar-refractivity contribution >= 4 is 29.6 Å². The van der Waals surface area contributed by atoms with Gasteiger partial charge >= 0.3 is 12.1 Å². The van der Waals surface area contributed by atoms with Gasteiger partial charge in [-0.15, -0.1) is 0 Å². The Morgan fingerprint density at radius 1 is 1.23 bits per heavy atom. The van der Waals surface area contributed by atoms with Crippen molar-refractivity contribution in [2.45, 2.75) is 57.5 Å². The number of carbonyl (C=O) groups excluding carboxylic acids is 2. The Kier molecular flexibility index (Phi) is 9.85. The van der Waals surface area contributed by atoms with Crippen LogP contribution in [0.3, 0.4) is 0 Å². The van der Waals surface area contributed by atoms with Gasteiger partial charge in [0.25, 0.3) is 5.91 Å². The van der Waals surface area contributed by atoms with Crippen molar-refractivity contribution < 1.29 is 29.1 Å². The molecule has 2 amide bonds. The number of ether oxygens (including phenoxy) is 1. The number of aliphatic imine (C=N–C) groups is 1. The summed E-state index contributed by atoms with van der Waals surface area (Å²) in [5.41, 5.74) is -1.92. The molecule has 5 N–H and O–H groups in total. The second kappa shape index (κ2) is 12.6.